The number of hydrogen-bond acceptors (Lipinski definition) is 5. The van der Waals surface area contributed by atoms with Gasteiger partial charge >= 0.3 is 0 Å². The first-order valence-electron chi connectivity index (χ1n) is 6.71. The highest BCUT2D eigenvalue weighted by Gasteiger charge is 2.19. The molecule has 1 atom stereocenters. The average Bonchev–Trinajstić information content (AvgIpc) is 2.85. The van der Waals surface area contributed by atoms with Crippen LogP contribution in [0.4, 0.5) is 5.69 Å². The van der Waals surface area contributed by atoms with Crippen molar-refractivity contribution in [3.8, 4) is 0 Å². The first-order chi connectivity index (χ1) is 9.95. The van der Waals surface area contributed by atoms with Crippen molar-refractivity contribution in [3.05, 3.63) is 40.3 Å². The second kappa shape index (κ2) is 6.55. The summed E-state index contributed by atoms with van der Waals surface area (Å²) in [5.74, 6) is 0. The van der Waals surface area contributed by atoms with Gasteiger partial charge in [0.1, 0.15) is 4.90 Å². The number of thiazole rings is 1. The van der Waals surface area contributed by atoms with Crippen molar-refractivity contribution < 1.29 is 8.42 Å². The van der Waals surface area contributed by atoms with Gasteiger partial charge in [0.2, 0.25) is 10.0 Å². The minimum atomic E-state index is -3.49. The van der Waals surface area contributed by atoms with Crippen LogP contribution in [0.2, 0.25) is 0 Å². The number of anilines is 1. The van der Waals surface area contributed by atoms with E-state index >= 15 is 0 Å². The fourth-order valence-electron chi connectivity index (χ4n) is 2.11. The standard InChI is InChI=1S/C14H19N3O2S2/c1-4-16-21(18,19)13-8-6-5-7-12(13)17-11(3)14-10(2)15-9-20-14/h5-9,11,16-17H,4H2,1-3H3. The summed E-state index contributed by atoms with van der Waals surface area (Å²) in [5.41, 5.74) is 3.36. The zero-order chi connectivity index (χ0) is 15.5. The summed E-state index contributed by atoms with van der Waals surface area (Å²) in [4.78, 5) is 5.60. The molecule has 0 amide bonds. The zero-order valence-corrected chi connectivity index (χ0v) is 13.9. The maximum absolute atomic E-state index is 12.2. The second-order valence-corrected chi connectivity index (χ2v) is 7.29. The van der Waals surface area contributed by atoms with Crippen molar-refractivity contribution in [3.63, 3.8) is 0 Å². The van der Waals surface area contributed by atoms with E-state index in [1.807, 2.05) is 19.9 Å². The van der Waals surface area contributed by atoms with Crippen LogP contribution < -0.4 is 10.0 Å². The summed E-state index contributed by atoms with van der Waals surface area (Å²) in [6.45, 7) is 6.07. The van der Waals surface area contributed by atoms with Gasteiger partial charge in [-0.25, -0.2) is 18.1 Å². The molecule has 1 unspecified atom stereocenters. The lowest BCUT2D eigenvalue weighted by atomic mass is 10.2. The molecule has 1 heterocycles. The number of nitrogens with zero attached hydrogens (tertiary/aromatic N) is 1. The molecule has 0 radical (unpaired) electrons. The number of sulfonamides is 1. The first kappa shape index (κ1) is 15.9. The first-order valence-corrected chi connectivity index (χ1v) is 9.07. The normalized spacial score (nSPS) is 13.1. The van der Waals surface area contributed by atoms with E-state index < -0.39 is 10.0 Å². The molecule has 0 aliphatic carbocycles. The van der Waals surface area contributed by atoms with Crippen LogP contribution in [0, 0.1) is 6.92 Å². The third-order valence-corrected chi connectivity index (χ3v) is 5.78. The number of nitrogens with one attached hydrogen (secondary N) is 2. The summed E-state index contributed by atoms with van der Waals surface area (Å²) in [7, 11) is -3.49. The van der Waals surface area contributed by atoms with E-state index in [0.717, 1.165) is 10.6 Å². The van der Waals surface area contributed by atoms with Gasteiger partial charge in [0.15, 0.2) is 0 Å². The van der Waals surface area contributed by atoms with Crippen molar-refractivity contribution >= 4 is 27.0 Å². The van der Waals surface area contributed by atoms with E-state index in [9.17, 15) is 8.42 Å². The number of hydrogen-bond donors (Lipinski definition) is 2. The van der Waals surface area contributed by atoms with Gasteiger partial charge in [0.25, 0.3) is 0 Å². The predicted octanol–water partition coefficient (Wildman–Crippen LogP) is 2.92. The summed E-state index contributed by atoms with van der Waals surface area (Å²) in [6.07, 6.45) is 0. The van der Waals surface area contributed by atoms with Gasteiger partial charge in [-0.1, -0.05) is 19.1 Å². The van der Waals surface area contributed by atoms with Crippen LogP contribution in [0.3, 0.4) is 0 Å². The molecule has 0 aliphatic heterocycles. The molecule has 0 aliphatic rings. The van der Waals surface area contributed by atoms with Crippen LogP contribution in [0.15, 0.2) is 34.7 Å². The Morgan fingerprint density at radius 1 is 1.33 bits per heavy atom. The lowest BCUT2D eigenvalue weighted by molar-refractivity contribution is 0.584. The van der Waals surface area contributed by atoms with Crippen molar-refractivity contribution in [2.24, 2.45) is 0 Å². The van der Waals surface area contributed by atoms with E-state index in [4.69, 9.17) is 0 Å². The molecule has 21 heavy (non-hydrogen) atoms. The van der Waals surface area contributed by atoms with Crippen LogP contribution >= 0.6 is 11.3 Å². The molecule has 0 fully saturated rings. The van der Waals surface area contributed by atoms with Gasteiger partial charge < -0.3 is 5.32 Å². The highest BCUT2D eigenvalue weighted by atomic mass is 32.2. The Balaban J connectivity index is 2.31. The molecule has 114 valence electrons. The Hall–Kier alpha value is -1.44. The van der Waals surface area contributed by atoms with E-state index in [-0.39, 0.29) is 10.9 Å². The van der Waals surface area contributed by atoms with Gasteiger partial charge in [-0.2, -0.15) is 0 Å². The molecule has 1 aromatic heterocycles. The summed E-state index contributed by atoms with van der Waals surface area (Å²) in [6, 6.07) is 6.91. The number of rotatable bonds is 6. The fourth-order valence-corrected chi connectivity index (χ4v) is 4.13. The van der Waals surface area contributed by atoms with E-state index in [0.29, 0.717) is 12.2 Å². The number of aryl methyl sites for hydroxylation is 1. The van der Waals surface area contributed by atoms with Gasteiger partial charge in [-0.15, -0.1) is 11.3 Å². The third-order valence-electron chi connectivity index (χ3n) is 3.06. The smallest absolute Gasteiger partial charge is 0.242 e. The Morgan fingerprint density at radius 3 is 2.67 bits per heavy atom. The second-order valence-electron chi connectivity index (χ2n) is 4.67. The maximum Gasteiger partial charge on any atom is 0.242 e. The quantitative estimate of drug-likeness (QED) is 0.856. The van der Waals surface area contributed by atoms with Crippen LogP contribution in [-0.2, 0) is 10.0 Å². The average molecular weight is 325 g/mol. The Labute approximate surface area is 129 Å². The zero-order valence-electron chi connectivity index (χ0n) is 12.3. The Kier molecular flexibility index (Phi) is 4.97. The predicted molar refractivity (Wildman–Crippen MR) is 86.2 cm³/mol. The van der Waals surface area contributed by atoms with E-state index in [1.54, 1.807) is 42.0 Å². The minimum Gasteiger partial charge on any atom is -0.377 e. The molecule has 0 spiro atoms. The molecule has 2 aromatic rings. The lowest BCUT2D eigenvalue weighted by Crippen LogP contribution is -2.24. The van der Waals surface area contributed by atoms with Crippen LogP contribution in [-0.4, -0.2) is 19.9 Å². The van der Waals surface area contributed by atoms with E-state index in [1.165, 1.54) is 0 Å². The van der Waals surface area contributed by atoms with Gasteiger partial charge in [-0.3, -0.25) is 0 Å². The van der Waals surface area contributed by atoms with Gasteiger partial charge in [0.05, 0.1) is 22.9 Å². The summed E-state index contributed by atoms with van der Waals surface area (Å²) < 4.78 is 27.0. The molecule has 0 bridgehead atoms. The van der Waals surface area contributed by atoms with Crippen molar-refractivity contribution in [2.45, 2.75) is 31.7 Å². The molecule has 2 rings (SSSR count). The van der Waals surface area contributed by atoms with Crippen molar-refractivity contribution in [2.75, 3.05) is 11.9 Å². The van der Waals surface area contributed by atoms with Crippen molar-refractivity contribution in [1.29, 1.82) is 0 Å². The minimum absolute atomic E-state index is 0.00419. The number of aromatic nitrogens is 1. The Bertz CT molecular complexity index is 711. The summed E-state index contributed by atoms with van der Waals surface area (Å²) in [5, 5.41) is 3.27. The molecule has 2 N–H and O–H groups in total. The Morgan fingerprint density at radius 2 is 2.05 bits per heavy atom. The lowest BCUT2D eigenvalue weighted by Gasteiger charge is -2.17. The fraction of sp³-hybridized carbons (Fsp3) is 0.357. The number of benzene rings is 1. The largest absolute Gasteiger partial charge is 0.377 e. The summed E-state index contributed by atoms with van der Waals surface area (Å²) >= 11 is 1.56. The van der Waals surface area contributed by atoms with Crippen LogP contribution in [0.1, 0.15) is 30.5 Å². The highest BCUT2D eigenvalue weighted by molar-refractivity contribution is 7.89. The third kappa shape index (κ3) is 3.61. The van der Waals surface area contributed by atoms with Gasteiger partial charge in [-0.05, 0) is 26.0 Å². The molecule has 0 saturated carbocycles. The molecule has 1 aromatic carbocycles. The molecule has 0 saturated heterocycles. The maximum atomic E-state index is 12.2. The van der Waals surface area contributed by atoms with Crippen LogP contribution in [0.5, 0.6) is 0 Å². The number of para-hydroxylation sites is 1. The highest BCUT2D eigenvalue weighted by Crippen LogP contribution is 2.28. The topological polar surface area (TPSA) is 71.1 Å². The molecular weight excluding hydrogens is 306 g/mol. The molecule has 7 heteroatoms. The van der Waals surface area contributed by atoms with Crippen molar-refractivity contribution in [1.82, 2.24) is 9.71 Å². The van der Waals surface area contributed by atoms with E-state index in [2.05, 4.69) is 15.0 Å². The van der Waals surface area contributed by atoms with Gasteiger partial charge in [0, 0.05) is 11.4 Å². The molecular formula is C14H19N3O2S2. The molecule has 5 nitrogen and oxygen atoms in total. The SMILES string of the molecule is CCNS(=O)(=O)c1ccccc1NC(C)c1scnc1C. The van der Waals surface area contributed by atoms with Crippen LogP contribution in [0.25, 0.3) is 0 Å². The monoisotopic (exact) mass is 325 g/mol.